The number of carbonyl (C=O) groups is 2. The molecule has 0 aliphatic carbocycles. The molecule has 3 amide bonds. The summed E-state index contributed by atoms with van der Waals surface area (Å²) >= 11 is 0. The highest BCUT2D eigenvalue weighted by atomic mass is 16.2. The lowest BCUT2D eigenvalue weighted by Gasteiger charge is -2.07. The van der Waals surface area contributed by atoms with Crippen LogP contribution in [0, 0.1) is 0 Å². The number of urea groups is 1. The summed E-state index contributed by atoms with van der Waals surface area (Å²) in [6.45, 7) is 0. The second-order valence-electron chi connectivity index (χ2n) is 4.80. The highest BCUT2D eigenvalue weighted by Crippen LogP contribution is 2.17. The first-order chi connectivity index (χ1) is 10.6. The van der Waals surface area contributed by atoms with Crippen molar-refractivity contribution in [3.8, 4) is 0 Å². The van der Waals surface area contributed by atoms with E-state index in [0.717, 1.165) is 10.9 Å². The number of aromatic amines is 1. The van der Waals surface area contributed by atoms with E-state index >= 15 is 0 Å². The lowest BCUT2D eigenvalue weighted by molar-refractivity contribution is 0.102. The fourth-order valence-corrected chi connectivity index (χ4v) is 2.18. The number of aromatic nitrogens is 1. The largest absolute Gasteiger partial charge is 0.361 e. The lowest BCUT2D eigenvalue weighted by Crippen LogP contribution is -2.19. The first-order valence-electron chi connectivity index (χ1n) is 6.67. The molecular weight excluding hydrogens is 280 g/mol. The molecule has 1 aromatic heterocycles. The Morgan fingerprint density at radius 1 is 0.909 bits per heavy atom. The lowest BCUT2D eigenvalue weighted by atomic mass is 10.1. The fourth-order valence-electron chi connectivity index (χ4n) is 2.18. The number of rotatable bonds is 3. The van der Waals surface area contributed by atoms with Crippen LogP contribution in [0.1, 0.15) is 10.4 Å². The maximum atomic E-state index is 12.2. The SMILES string of the molecule is NC(=O)Nc1ccc(NC(=O)c2ccc3[nH]ccc3c2)cc1. The van der Waals surface area contributed by atoms with Gasteiger partial charge in [0.2, 0.25) is 0 Å². The molecule has 5 N–H and O–H groups in total. The van der Waals surface area contributed by atoms with E-state index in [1.165, 1.54) is 0 Å². The molecule has 0 radical (unpaired) electrons. The first-order valence-corrected chi connectivity index (χ1v) is 6.67. The zero-order valence-corrected chi connectivity index (χ0v) is 11.6. The molecule has 1 heterocycles. The van der Waals surface area contributed by atoms with Gasteiger partial charge in [0, 0.05) is 34.0 Å². The molecule has 2 aromatic carbocycles. The number of fused-ring (bicyclic) bond motifs is 1. The van der Waals surface area contributed by atoms with Crippen molar-refractivity contribution in [1.29, 1.82) is 0 Å². The molecule has 0 aliphatic heterocycles. The highest BCUT2D eigenvalue weighted by molar-refractivity contribution is 6.06. The Morgan fingerprint density at radius 2 is 1.59 bits per heavy atom. The standard InChI is InChI=1S/C16H14N4O2/c17-16(22)20-13-4-2-12(3-5-13)19-15(21)11-1-6-14-10(9-11)7-8-18-14/h1-9,18H,(H,19,21)(H3,17,20,22). The third-order valence-electron chi connectivity index (χ3n) is 3.23. The molecule has 0 saturated heterocycles. The van der Waals surface area contributed by atoms with Crippen molar-refractivity contribution in [3.05, 3.63) is 60.3 Å². The Hall–Kier alpha value is -3.28. The van der Waals surface area contributed by atoms with Crippen molar-refractivity contribution in [2.45, 2.75) is 0 Å². The molecule has 3 rings (SSSR count). The van der Waals surface area contributed by atoms with Gasteiger partial charge in [-0.25, -0.2) is 4.79 Å². The molecule has 0 atom stereocenters. The Kier molecular flexibility index (Phi) is 3.49. The third-order valence-corrected chi connectivity index (χ3v) is 3.23. The van der Waals surface area contributed by atoms with Crippen LogP contribution in [-0.2, 0) is 0 Å². The van der Waals surface area contributed by atoms with Crippen molar-refractivity contribution >= 4 is 34.2 Å². The average Bonchev–Trinajstić information content (AvgIpc) is 2.96. The molecule has 110 valence electrons. The predicted molar refractivity (Wildman–Crippen MR) is 85.9 cm³/mol. The number of hydrogen-bond donors (Lipinski definition) is 4. The Morgan fingerprint density at radius 3 is 2.27 bits per heavy atom. The first kappa shape index (κ1) is 13.7. The smallest absolute Gasteiger partial charge is 0.316 e. The van der Waals surface area contributed by atoms with Gasteiger partial charge in [0.1, 0.15) is 0 Å². The topological polar surface area (TPSA) is 100 Å². The molecule has 6 nitrogen and oxygen atoms in total. The van der Waals surface area contributed by atoms with Gasteiger partial charge in [0.15, 0.2) is 0 Å². The molecule has 22 heavy (non-hydrogen) atoms. The van der Waals surface area contributed by atoms with Crippen molar-refractivity contribution in [2.75, 3.05) is 10.6 Å². The predicted octanol–water partition coefficient (Wildman–Crippen LogP) is 2.91. The van der Waals surface area contributed by atoms with Gasteiger partial charge < -0.3 is 21.4 Å². The van der Waals surface area contributed by atoms with Gasteiger partial charge in [-0.1, -0.05) is 0 Å². The zero-order chi connectivity index (χ0) is 15.5. The van der Waals surface area contributed by atoms with Crippen LogP contribution in [0.15, 0.2) is 54.7 Å². The molecule has 0 aliphatic rings. The highest BCUT2D eigenvalue weighted by Gasteiger charge is 2.07. The number of primary amides is 1. The summed E-state index contributed by atoms with van der Waals surface area (Å²) in [4.78, 5) is 26.1. The van der Waals surface area contributed by atoms with Gasteiger partial charge in [0.05, 0.1) is 0 Å². The summed E-state index contributed by atoms with van der Waals surface area (Å²) in [5.74, 6) is -0.196. The quantitative estimate of drug-likeness (QED) is 0.597. The van der Waals surface area contributed by atoms with Crippen molar-refractivity contribution in [3.63, 3.8) is 0 Å². The zero-order valence-electron chi connectivity index (χ0n) is 11.6. The van der Waals surface area contributed by atoms with Crippen molar-refractivity contribution in [2.24, 2.45) is 5.73 Å². The van der Waals surface area contributed by atoms with E-state index in [-0.39, 0.29) is 5.91 Å². The number of carbonyl (C=O) groups excluding carboxylic acids is 2. The van der Waals surface area contributed by atoms with E-state index in [4.69, 9.17) is 5.73 Å². The Bertz CT molecular complexity index is 837. The maximum Gasteiger partial charge on any atom is 0.316 e. The Labute approximate surface area is 126 Å². The summed E-state index contributed by atoms with van der Waals surface area (Å²) in [5.41, 5.74) is 7.80. The molecule has 0 bridgehead atoms. The second-order valence-corrected chi connectivity index (χ2v) is 4.80. The third kappa shape index (κ3) is 2.90. The Balaban J connectivity index is 1.74. The van der Waals surface area contributed by atoms with Crippen molar-refractivity contribution in [1.82, 2.24) is 4.98 Å². The van der Waals surface area contributed by atoms with Crippen LogP contribution in [0.2, 0.25) is 0 Å². The number of H-pyrrole nitrogens is 1. The van der Waals surface area contributed by atoms with Crippen molar-refractivity contribution < 1.29 is 9.59 Å². The maximum absolute atomic E-state index is 12.2. The minimum Gasteiger partial charge on any atom is -0.361 e. The van der Waals surface area contributed by atoms with Crippen LogP contribution in [0.25, 0.3) is 10.9 Å². The number of amides is 3. The van der Waals surface area contributed by atoms with Crippen LogP contribution in [-0.4, -0.2) is 16.9 Å². The fraction of sp³-hybridized carbons (Fsp3) is 0. The summed E-state index contributed by atoms with van der Waals surface area (Å²) in [6, 6.07) is 13.4. The van der Waals surface area contributed by atoms with Crippen LogP contribution < -0.4 is 16.4 Å². The van der Waals surface area contributed by atoms with E-state index < -0.39 is 6.03 Å². The monoisotopic (exact) mass is 294 g/mol. The molecular formula is C16H14N4O2. The number of benzene rings is 2. The number of nitrogens with two attached hydrogens (primary N) is 1. The molecule has 0 saturated carbocycles. The molecule has 0 unspecified atom stereocenters. The van der Waals surface area contributed by atoms with Crippen LogP contribution in [0.3, 0.4) is 0 Å². The summed E-state index contributed by atoms with van der Waals surface area (Å²) in [6.07, 6.45) is 1.83. The van der Waals surface area contributed by atoms with Gasteiger partial charge >= 0.3 is 6.03 Å². The van der Waals surface area contributed by atoms with E-state index in [2.05, 4.69) is 15.6 Å². The summed E-state index contributed by atoms with van der Waals surface area (Å²) in [7, 11) is 0. The number of anilines is 2. The number of hydrogen-bond acceptors (Lipinski definition) is 2. The summed E-state index contributed by atoms with van der Waals surface area (Å²) < 4.78 is 0. The summed E-state index contributed by atoms with van der Waals surface area (Å²) in [5, 5.41) is 6.24. The van der Waals surface area contributed by atoms with Crippen LogP contribution in [0.5, 0.6) is 0 Å². The second kappa shape index (κ2) is 5.61. The van der Waals surface area contributed by atoms with Crippen LogP contribution >= 0.6 is 0 Å². The van der Waals surface area contributed by atoms with E-state index in [0.29, 0.717) is 16.9 Å². The van der Waals surface area contributed by atoms with Gasteiger partial charge in [-0.3, -0.25) is 4.79 Å². The minimum absolute atomic E-state index is 0.196. The van der Waals surface area contributed by atoms with E-state index in [1.807, 2.05) is 24.4 Å². The molecule has 6 heteroatoms. The van der Waals surface area contributed by atoms with Gasteiger partial charge in [0.25, 0.3) is 5.91 Å². The van der Waals surface area contributed by atoms with Crippen LogP contribution in [0.4, 0.5) is 16.2 Å². The van der Waals surface area contributed by atoms with Gasteiger partial charge in [-0.2, -0.15) is 0 Å². The van der Waals surface area contributed by atoms with E-state index in [1.54, 1.807) is 30.3 Å². The molecule has 3 aromatic rings. The van der Waals surface area contributed by atoms with Gasteiger partial charge in [-0.15, -0.1) is 0 Å². The molecule has 0 fully saturated rings. The van der Waals surface area contributed by atoms with E-state index in [9.17, 15) is 9.59 Å². The number of nitrogens with one attached hydrogen (secondary N) is 3. The minimum atomic E-state index is -0.628. The average molecular weight is 294 g/mol. The molecule has 0 spiro atoms. The van der Waals surface area contributed by atoms with Gasteiger partial charge in [-0.05, 0) is 48.5 Å². The normalized spacial score (nSPS) is 10.4.